The zero-order valence-corrected chi connectivity index (χ0v) is 9.48. The number of hydrogen-bond donors (Lipinski definition) is 5. The van der Waals surface area contributed by atoms with Crippen LogP contribution in [-0.4, -0.2) is 24.8 Å². The summed E-state index contributed by atoms with van der Waals surface area (Å²) < 4.78 is 8.88. The number of rotatable bonds is 0. The third-order valence-corrected chi connectivity index (χ3v) is 1.91. The maximum absolute atomic E-state index is 9.34. The van der Waals surface area contributed by atoms with Gasteiger partial charge in [-0.2, -0.15) is 0 Å². The molecule has 0 aliphatic heterocycles. The third kappa shape index (κ3) is 3.84. The third-order valence-electron chi connectivity index (χ3n) is 1.63. The quantitative estimate of drug-likeness (QED) is 0.464. The van der Waals surface area contributed by atoms with Crippen molar-refractivity contribution in [1.29, 1.82) is 0 Å². The number of halogens is 1. The van der Waals surface area contributed by atoms with Crippen molar-refractivity contribution < 1.29 is 24.4 Å². The van der Waals surface area contributed by atoms with Gasteiger partial charge in [-0.15, -0.1) is 0 Å². The Balaban J connectivity index is 0.000000221. The Bertz CT molecular complexity index is 526. The highest BCUT2D eigenvalue weighted by molar-refractivity contribution is 7.45. The van der Waals surface area contributed by atoms with E-state index < -0.39 is 7.82 Å². The van der Waals surface area contributed by atoms with E-state index in [9.17, 15) is 5.11 Å². The van der Waals surface area contributed by atoms with Crippen LogP contribution in [0.15, 0.2) is 24.3 Å². The van der Waals surface area contributed by atoms with Crippen LogP contribution in [0.3, 0.4) is 0 Å². The summed E-state index contributed by atoms with van der Waals surface area (Å²) in [6.07, 6.45) is 0. The van der Waals surface area contributed by atoms with Gasteiger partial charge in [-0.25, -0.2) is 4.57 Å². The van der Waals surface area contributed by atoms with Crippen LogP contribution < -0.4 is 0 Å². The maximum atomic E-state index is 9.34. The number of phosphoric acid groups is 1. The zero-order valence-electron chi connectivity index (χ0n) is 7.83. The normalized spacial score (nSPS) is 11.0. The Labute approximate surface area is 95.4 Å². The number of nitrogens with one attached hydrogen (secondary N) is 1. The lowest BCUT2D eigenvalue weighted by Gasteiger charge is -1.86. The molecule has 2 rings (SSSR count). The van der Waals surface area contributed by atoms with Gasteiger partial charge in [0.15, 0.2) is 5.75 Å². The number of aromatic nitrogens is 1. The van der Waals surface area contributed by atoms with E-state index in [0.717, 1.165) is 10.9 Å². The Morgan fingerprint density at radius 3 is 2.19 bits per heavy atom. The fourth-order valence-electron chi connectivity index (χ4n) is 1.09. The van der Waals surface area contributed by atoms with E-state index in [1.807, 2.05) is 24.3 Å². The molecule has 0 radical (unpaired) electrons. The second-order valence-corrected chi connectivity index (χ2v) is 4.25. The fourth-order valence-corrected chi connectivity index (χ4v) is 1.30. The van der Waals surface area contributed by atoms with E-state index in [0.29, 0.717) is 5.15 Å². The molecule has 0 spiro atoms. The van der Waals surface area contributed by atoms with Crippen LogP contribution in [0.1, 0.15) is 0 Å². The van der Waals surface area contributed by atoms with Crippen molar-refractivity contribution >= 4 is 30.3 Å². The molecule has 8 heteroatoms. The number of fused-ring (bicyclic) bond motifs is 1. The second kappa shape index (κ2) is 4.86. The highest BCUT2D eigenvalue weighted by atomic mass is 35.5. The van der Waals surface area contributed by atoms with Crippen molar-refractivity contribution in [2.24, 2.45) is 0 Å². The average molecular weight is 266 g/mol. The van der Waals surface area contributed by atoms with Gasteiger partial charge < -0.3 is 24.8 Å². The van der Waals surface area contributed by atoms with Crippen LogP contribution in [0, 0.1) is 0 Å². The molecule has 0 aliphatic rings. The van der Waals surface area contributed by atoms with Gasteiger partial charge in [0, 0.05) is 5.39 Å². The van der Waals surface area contributed by atoms with E-state index >= 15 is 0 Å². The summed E-state index contributed by atoms with van der Waals surface area (Å²) in [5.74, 6) is 0.127. The number of aromatic hydroxyl groups is 1. The molecule has 16 heavy (non-hydrogen) atoms. The van der Waals surface area contributed by atoms with E-state index in [1.54, 1.807) is 0 Å². The summed E-state index contributed by atoms with van der Waals surface area (Å²) in [6.45, 7) is 0. The van der Waals surface area contributed by atoms with E-state index in [2.05, 4.69) is 4.98 Å². The van der Waals surface area contributed by atoms with Gasteiger partial charge >= 0.3 is 7.82 Å². The number of hydrogen-bond acceptors (Lipinski definition) is 2. The predicted molar refractivity (Wildman–Crippen MR) is 59.2 cm³/mol. The van der Waals surface area contributed by atoms with Crippen LogP contribution in [0.25, 0.3) is 10.9 Å². The molecule has 0 unspecified atom stereocenters. The molecule has 5 N–H and O–H groups in total. The molecule has 1 aromatic heterocycles. The van der Waals surface area contributed by atoms with Crippen molar-refractivity contribution in [2.45, 2.75) is 0 Å². The highest BCUT2D eigenvalue weighted by Crippen LogP contribution is 2.31. The van der Waals surface area contributed by atoms with Crippen LogP contribution >= 0.6 is 19.4 Å². The minimum atomic E-state index is -4.64. The van der Waals surface area contributed by atoms with Crippen molar-refractivity contribution in [3.8, 4) is 5.75 Å². The van der Waals surface area contributed by atoms with Gasteiger partial charge in [0.25, 0.3) is 0 Å². The van der Waals surface area contributed by atoms with E-state index in [4.69, 9.17) is 30.8 Å². The monoisotopic (exact) mass is 265 g/mol. The van der Waals surface area contributed by atoms with Gasteiger partial charge in [0.2, 0.25) is 0 Å². The summed E-state index contributed by atoms with van der Waals surface area (Å²) in [5, 5.41) is 10.4. The van der Waals surface area contributed by atoms with Crippen molar-refractivity contribution in [3.05, 3.63) is 29.4 Å². The molecule has 0 aliphatic carbocycles. The molecule has 0 saturated heterocycles. The molecular formula is C8H9ClNO5P. The largest absolute Gasteiger partial charge is 0.504 e. The van der Waals surface area contributed by atoms with Crippen molar-refractivity contribution in [2.75, 3.05) is 0 Å². The van der Waals surface area contributed by atoms with Gasteiger partial charge in [-0.3, -0.25) is 0 Å². The summed E-state index contributed by atoms with van der Waals surface area (Å²) in [6, 6.07) is 7.41. The van der Waals surface area contributed by atoms with Crippen molar-refractivity contribution in [3.63, 3.8) is 0 Å². The van der Waals surface area contributed by atoms with Gasteiger partial charge in [0.1, 0.15) is 5.15 Å². The van der Waals surface area contributed by atoms with Gasteiger partial charge in [-0.1, -0.05) is 23.7 Å². The SMILES string of the molecule is O=P(O)(O)O.Oc1c(Cl)[nH]c2ccccc12. The minimum Gasteiger partial charge on any atom is -0.504 e. The van der Waals surface area contributed by atoms with E-state index in [-0.39, 0.29) is 5.75 Å². The highest BCUT2D eigenvalue weighted by Gasteiger charge is 2.05. The number of aromatic amines is 1. The minimum absolute atomic E-state index is 0.127. The van der Waals surface area contributed by atoms with E-state index in [1.165, 1.54) is 0 Å². The Morgan fingerprint density at radius 1 is 1.19 bits per heavy atom. The lowest BCUT2D eigenvalue weighted by molar-refractivity contribution is 0.275. The first kappa shape index (κ1) is 13.0. The Morgan fingerprint density at radius 2 is 1.69 bits per heavy atom. The second-order valence-electron chi connectivity index (χ2n) is 2.85. The zero-order chi connectivity index (χ0) is 12.3. The van der Waals surface area contributed by atoms with Crippen LogP contribution in [-0.2, 0) is 4.57 Å². The molecule has 0 saturated carbocycles. The topological polar surface area (TPSA) is 114 Å². The smallest absolute Gasteiger partial charge is 0.466 e. The molecule has 0 atom stereocenters. The molecule has 0 fully saturated rings. The van der Waals surface area contributed by atoms with Gasteiger partial charge in [0.05, 0.1) is 5.52 Å². The predicted octanol–water partition coefficient (Wildman–Crippen LogP) is 1.60. The lowest BCUT2D eigenvalue weighted by atomic mass is 10.2. The number of H-pyrrole nitrogens is 1. The molecule has 2 aromatic rings. The Kier molecular flexibility index (Phi) is 3.96. The first-order valence-electron chi connectivity index (χ1n) is 4.02. The van der Waals surface area contributed by atoms with Gasteiger partial charge in [-0.05, 0) is 12.1 Å². The first-order valence-corrected chi connectivity index (χ1v) is 5.97. The molecule has 88 valence electrons. The molecule has 1 heterocycles. The summed E-state index contributed by atoms with van der Waals surface area (Å²) >= 11 is 5.65. The molecular weight excluding hydrogens is 257 g/mol. The fraction of sp³-hybridized carbons (Fsp3) is 0. The maximum Gasteiger partial charge on any atom is 0.466 e. The number of para-hydroxylation sites is 1. The summed E-state index contributed by atoms with van der Waals surface area (Å²) in [4.78, 5) is 24.4. The Hall–Kier alpha value is -1.04. The van der Waals surface area contributed by atoms with Crippen LogP contribution in [0.2, 0.25) is 5.15 Å². The lowest BCUT2D eigenvalue weighted by Crippen LogP contribution is -1.66. The average Bonchev–Trinajstić information content (AvgIpc) is 2.41. The summed E-state index contributed by atoms with van der Waals surface area (Å²) in [5.41, 5.74) is 0.856. The van der Waals surface area contributed by atoms with Crippen LogP contribution in [0.4, 0.5) is 0 Å². The molecule has 1 aromatic carbocycles. The first-order chi connectivity index (χ1) is 7.29. The van der Waals surface area contributed by atoms with Crippen molar-refractivity contribution in [1.82, 2.24) is 4.98 Å². The molecule has 6 nitrogen and oxygen atoms in total. The standard InChI is InChI=1S/C8H6ClNO.H3O4P/c9-8-7(11)5-3-1-2-4-6(5)10-8;1-5(2,3)4/h1-4,10-11H;(H3,1,2,3,4). The summed E-state index contributed by atoms with van der Waals surface area (Å²) in [7, 11) is -4.64. The van der Waals surface area contributed by atoms with Crippen LogP contribution in [0.5, 0.6) is 5.75 Å². The number of benzene rings is 1. The molecule has 0 amide bonds. The molecule has 0 bridgehead atoms.